The number of halogens is 3. The van der Waals surface area contributed by atoms with Gasteiger partial charge in [0.2, 0.25) is 0 Å². The average molecular weight is 524 g/mol. The van der Waals surface area contributed by atoms with Crippen LogP contribution in [-0.2, 0) is 6.54 Å². The highest BCUT2D eigenvalue weighted by atomic mass is 19.4. The first-order valence-corrected chi connectivity index (χ1v) is 12.3. The molecule has 1 aliphatic carbocycles. The van der Waals surface area contributed by atoms with Gasteiger partial charge in [-0.1, -0.05) is 6.07 Å². The van der Waals surface area contributed by atoms with Crippen LogP contribution in [0.1, 0.15) is 31.2 Å². The van der Waals surface area contributed by atoms with E-state index in [4.69, 9.17) is 5.73 Å². The summed E-state index contributed by atoms with van der Waals surface area (Å²) in [6.45, 7) is 2.65. The maximum absolute atomic E-state index is 13.2. The number of benzene rings is 1. The fourth-order valence-corrected chi connectivity index (χ4v) is 4.71. The maximum Gasteiger partial charge on any atom is 0.573 e. The molecule has 10 nitrogen and oxygen atoms in total. The molecule has 2 fully saturated rings. The number of aromatic nitrogens is 2. The number of nitrogens with zero attached hydrogens (tertiary/aromatic N) is 4. The van der Waals surface area contributed by atoms with Crippen LogP contribution in [0.15, 0.2) is 35.3 Å². The normalized spacial score (nSPS) is 20.6. The SMILES string of the molecule is CN(Cc1ccc(-n2ccc(NC(=O)N3CCNCC3)nc2=O)cc1OC(F)(F)F)[C@H]1CC[C@H](N)CC1. The molecule has 2 amide bonds. The third-order valence-corrected chi connectivity index (χ3v) is 6.78. The van der Waals surface area contributed by atoms with Crippen molar-refractivity contribution in [2.75, 3.05) is 38.5 Å². The molecule has 1 saturated heterocycles. The summed E-state index contributed by atoms with van der Waals surface area (Å²) in [6, 6.07) is 5.67. The minimum Gasteiger partial charge on any atom is -0.405 e. The summed E-state index contributed by atoms with van der Waals surface area (Å²) in [5.74, 6) is -0.325. The van der Waals surface area contributed by atoms with Gasteiger partial charge in [-0.3, -0.25) is 14.8 Å². The molecule has 4 N–H and O–H groups in total. The van der Waals surface area contributed by atoms with E-state index >= 15 is 0 Å². The molecule has 0 unspecified atom stereocenters. The molecule has 1 aromatic carbocycles. The number of ether oxygens (including phenoxy) is 1. The van der Waals surface area contributed by atoms with Gasteiger partial charge in [0.15, 0.2) is 0 Å². The van der Waals surface area contributed by atoms with Crippen LogP contribution in [-0.4, -0.2) is 77.1 Å². The van der Waals surface area contributed by atoms with Gasteiger partial charge in [-0.2, -0.15) is 4.98 Å². The number of nitrogens with one attached hydrogen (secondary N) is 2. The fourth-order valence-electron chi connectivity index (χ4n) is 4.71. The minimum atomic E-state index is -4.90. The molecule has 1 aliphatic heterocycles. The Hall–Kier alpha value is -3.16. The van der Waals surface area contributed by atoms with Crippen LogP contribution in [0.3, 0.4) is 0 Å². The molecule has 202 valence electrons. The predicted octanol–water partition coefficient (Wildman–Crippen LogP) is 2.27. The number of nitrogens with two attached hydrogens (primary N) is 1. The van der Waals surface area contributed by atoms with Gasteiger partial charge in [-0.25, -0.2) is 9.59 Å². The summed E-state index contributed by atoms with van der Waals surface area (Å²) < 4.78 is 45.1. The van der Waals surface area contributed by atoms with Gasteiger partial charge in [-0.15, -0.1) is 13.2 Å². The number of carbonyl (C=O) groups is 1. The van der Waals surface area contributed by atoms with Gasteiger partial charge in [0.25, 0.3) is 0 Å². The molecule has 1 aromatic heterocycles. The molecule has 37 heavy (non-hydrogen) atoms. The summed E-state index contributed by atoms with van der Waals surface area (Å²) in [7, 11) is 1.87. The van der Waals surface area contributed by atoms with Crippen molar-refractivity contribution in [3.05, 3.63) is 46.5 Å². The summed E-state index contributed by atoms with van der Waals surface area (Å²) in [5.41, 5.74) is 5.73. The van der Waals surface area contributed by atoms with Crippen LogP contribution >= 0.6 is 0 Å². The lowest BCUT2D eigenvalue weighted by atomic mass is 9.91. The molecule has 0 radical (unpaired) electrons. The van der Waals surface area contributed by atoms with Gasteiger partial charge in [0.05, 0.1) is 5.69 Å². The van der Waals surface area contributed by atoms with Gasteiger partial charge < -0.3 is 20.7 Å². The number of carbonyl (C=O) groups excluding carboxylic acids is 1. The number of anilines is 1. The molecule has 0 spiro atoms. The van der Waals surface area contributed by atoms with E-state index in [9.17, 15) is 22.8 Å². The van der Waals surface area contributed by atoms with E-state index in [1.54, 1.807) is 11.0 Å². The van der Waals surface area contributed by atoms with Gasteiger partial charge in [-0.05, 0) is 44.9 Å². The minimum absolute atomic E-state index is 0.0574. The summed E-state index contributed by atoms with van der Waals surface area (Å²) in [6.07, 6.45) is -0.0338. The third kappa shape index (κ3) is 7.21. The van der Waals surface area contributed by atoms with E-state index in [2.05, 4.69) is 20.4 Å². The lowest BCUT2D eigenvalue weighted by Gasteiger charge is -2.33. The largest absolute Gasteiger partial charge is 0.573 e. The molecule has 1 saturated carbocycles. The van der Waals surface area contributed by atoms with Crippen molar-refractivity contribution in [1.82, 2.24) is 24.7 Å². The molecular formula is C24H32F3N7O3. The Bertz CT molecular complexity index is 1140. The van der Waals surface area contributed by atoms with E-state index in [1.807, 2.05) is 11.9 Å². The van der Waals surface area contributed by atoms with E-state index in [0.717, 1.165) is 30.3 Å². The number of amides is 2. The summed E-state index contributed by atoms with van der Waals surface area (Å²) in [4.78, 5) is 32.5. The first-order valence-electron chi connectivity index (χ1n) is 12.3. The van der Waals surface area contributed by atoms with Crippen LogP contribution in [0.25, 0.3) is 5.69 Å². The third-order valence-electron chi connectivity index (χ3n) is 6.78. The second-order valence-electron chi connectivity index (χ2n) is 9.46. The molecule has 0 bridgehead atoms. The second kappa shape index (κ2) is 11.5. The number of hydrogen-bond acceptors (Lipinski definition) is 7. The number of urea groups is 1. The second-order valence-corrected chi connectivity index (χ2v) is 9.46. The molecule has 0 atom stereocenters. The van der Waals surface area contributed by atoms with Crippen molar-refractivity contribution in [1.29, 1.82) is 0 Å². The zero-order chi connectivity index (χ0) is 26.6. The van der Waals surface area contributed by atoms with E-state index in [-0.39, 0.29) is 41.9 Å². The van der Waals surface area contributed by atoms with Gasteiger partial charge >= 0.3 is 18.1 Å². The highest BCUT2D eigenvalue weighted by Gasteiger charge is 2.33. The monoisotopic (exact) mass is 523 g/mol. The fraction of sp³-hybridized carbons (Fsp3) is 0.542. The standard InChI is InChI=1S/C24H32F3N7O3/c1-32(18-6-3-17(28)4-7-18)15-16-2-5-19(14-20(16)37-24(25,26)27)34-11-8-21(31-23(34)36)30-22(35)33-12-9-29-10-13-33/h2,5,8,11,14,17-18,29H,3-4,6-7,9-10,12-13,15,28H2,1H3,(H,30,31,35,36)/t17-,18-. The average Bonchev–Trinajstić information content (AvgIpc) is 2.85. The van der Waals surface area contributed by atoms with Crippen LogP contribution < -0.4 is 26.8 Å². The van der Waals surface area contributed by atoms with Crippen molar-refractivity contribution in [2.45, 2.75) is 50.7 Å². The molecule has 2 aliphatic rings. The topological polar surface area (TPSA) is 118 Å². The maximum atomic E-state index is 13.2. The number of alkyl halides is 3. The Morgan fingerprint density at radius 3 is 2.57 bits per heavy atom. The van der Waals surface area contributed by atoms with Crippen LogP contribution in [0.2, 0.25) is 0 Å². The van der Waals surface area contributed by atoms with Crippen LogP contribution in [0, 0.1) is 0 Å². The zero-order valence-corrected chi connectivity index (χ0v) is 20.6. The predicted molar refractivity (Wildman–Crippen MR) is 132 cm³/mol. The Kier molecular flexibility index (Phi) is 8.35. The number of piperazine rings is 1. The lowest BCUT2D eigenvalue weighted by Crippen LogP contribution is -2.48. The summed E-state index contributed by atoms with van der Waals surface area (Å²) in [5, 5.41) is 5.73. The van der Waals surface area contributed by atoms with Crippen LogP contribution in [0.5, 0.6) is 5.75 Å². The first-order chi connectivity index (χ1) is 17.6. The quantitative estimate of drug-likeness (QED) is 0.532. The van der Waals surface area contributed by atoms with Crippen molar-refractivity contribution >= 4 is 11.8 Å². The van der Waals surface area contributed by atoms with E-state index in [1.165, 1.54) is 24.4 Å². The number of rotatable bonds is 6. The molecular weight excluding hydrogens is 491 g/mol. The molecule has 13 heteroatoms. The number of hydrogen-bond donors (Lipinski definition) is 3. The Morgan fingerprint density at radius 2 is 1.92 bits per heavy atom. The van der Waals surface area contributed by atoms with Crippen molar-refractivity contribution < 1.29 is 22.7 Å². The molecule has 2 heterocycles. The van der Waals surface area contributed by atoms with Crippen molar-refractivity contribution in [3.63, 3.8) is 0 Å². The van der Waals surface area contributed by atoms with Crippen LogP contribution in [0.4, 0.5) is 23.8 Å². The smallest absolute Gasteiger partial charge is 0.405 e. The lowest BCUT2D eigenvalue weighted by molar-refractivity contribution is -0.275. The van der Waals surface area contributed by atoms with Gasteiger partial charge in [0.1, 0.15) is 11.6 Å². The van der Waals surface area contributed by atoms with Crippen molar-refractivity contribution in [3.8, 4) is 11.4 Å². The molecule has 4 rings (SSSR count). The first kappa shape index (κ1) is 26.9. The Morgan fingerprint density at radius 1 is 1.22 bits per heavy atom. The highest BCUT2D eigenvalue weighted by Crippen LogP contribution is 2.31. The van der Waals surface area contributed by atoms with E-state index in [0.29, 0.717) is 31.7 Å². The summed E-state index contributed by atoms with van der Waals surface area (Å²) >= 11 is 0. The van der Waals surface area contributed by atoms with Crippen molar-refractivity contribution in [2.24, 2.45) is 5.73 Å². The Labute approximate surface area is 212 Å². The highest BCUT2D eigenvalue weighted by molar-refractivity contribution is 5.88. The Balaban J connectivity index is 1.52. The van der Waals surface area contributed by atoms with Gasteiger partial charge in [0, 0.05) is 62.6 Å². The van der Waals surface area contributed by atoms with E-state index < -0.39 is 12.1 Å². The zero-order valence-electron chi connectivity index (χ0n) is 20.6. The molecule has 2 aromatic rings.